The molecule has 6 heterocycles. The predicted molar refractivity (Wildman–Crippen MR) is 183 cm³/mol. The number of aliphatic hydroxyl groups is 1. The molecule has 47 heavy (non-hydrogen) atoms. The van der Waals surface area contributed by atoms with E-state index in [1.54, 1.807) is 39.0 Å². The van der Waals surface area contributed by atoms with E-state index < -0.39 is 0 Å². The van der Waals surface area contributed by atoms with Crippen LogP contribution in [0.25, 0.3) is 15.9 Å². The molecule has 2 aliphatic rings. The van der Waals surface area contributed by atoms with Gasteiger partial charge in [0.05, 0.1) is 51.2 Å². The molecule has 0 saturated carbocycles. The third-order valence-electron chi connectivity index (χ3n) is 8.78. The highest BCUT2D eigenvalue weighted by molar-refractivity contribution is 7.18. The van der Waals surface area contributed by atoms with Gasteiger partial charge in [0.2, 0.25) is 11.7 Å². The number of ether oxygens (including phenoxy) is 3. The normalized spacial score (nSPS) is 17.0. The Hall–Kier alpha value is -4.66. The molecule has 1 unspecified atom stereocenters. The molecule has 0 amide bonds. The summed E-state index contributed by atoms with van der Waals surface area (Å²) in [4.78, 5) is 28.3. The highest BCUT2D eigenvalue weighted by atomic mass is 32.1. The third-order valence-corrected chi connectivity index (χ3v) is 9.79. The van der Waals surface area contributed by atoms with E-state index in [1.807, 2.05) is 41.2 Å². The van der Waals surface area contributed by atoms with Crippen molar-refractivity contribution < 1.29 is 19.3 Å². The second kappa shape index (κ2) is 13.6. The Morgan fingerprint density at radius 1 is 0.957 bits per heavy atom. The van der Waals surface area contributed by atoms with Crippen molar-refractivity contribution in [1.29, 1.82) is 0 Å². The minimum Gasteiger partial charge on any atom is -0.493 e. The number of anilines is 4. The van der Waals surface area contributed by atoms with Crippen LogP contribution in [0.1, 0.15) is 17.7 Å². The van der Waals surface area contributed by atoms with Crippen LogP contribution in [-0.4, -0.2) is 101 Å². The highest BCUT2D eigenvalue weighted by Crippen LogP contribution is 2.40. The summed E-state index contributed by atoms with van der Waals surface area (Å²) in [6.07, 6.45) is 7.39. The Labute approximate surface area is 277 Å². The first-order valence-corrected chi connectivity index (χ1v) is 16.6. The van der Waals surface area contributed by atoms with Gasteiger partial charge in [-0.15, -0.1) is 11.3 Å². The lowest BCUT2D eigenvalue weighted by Gasteiger charge is -2.35. The summed E-state index contributed by atoms with van der Waals surface area (Å²) in [6, 6.07) is 12.0. The van der Waals surface area contributed by atoms with Crippen molar-refractivity contribution in [2.75, 3.05) is 75.8 Å². The molecule has 2 N–H and O–H groups in total. The number of methoxy groups -OCH3 is 3. The fourth-order valence-corrected chi connectivity index (χ4v) is 7.38. The Kier molecular flexibility index (Phi) is 8.96. The summed E-state index contributed by atoms with van der Waals surface area (Å²) in [5.74, 6) is 4.61. The average molecular weight is 658 g/mol. The minimum absolute atomic E-state index is 0.00868. The molecule has 2 saturated heterocycles. The number of rotatable bonds is 11. The maximum Gasteiger partial charge on any atom is 0.229 e. The predicted octanol–water partition coefficient (Wildman–Crippen LogP) is 4.32. The molecular formula is C33H39N9O4S. The number of fused-ring (bicyclic) bond motifs is 1. The quantitative estimate of drug-likeness (QED) is 0.210. The van der Waals surface area contributed by atoms with E-state index in [-0.39, 0.29) is 12.6 Å². The van der Waals surface area contributed by atoms with E-state index in [4.69, 9.17) is 24.2 Å². The summed E-state index contributed by atoms with van der Waals surface area (Å²) in [5.41, 5.74) is 0.803. The van der Waals surface area contributed by atoms with Crippen LogP contribution in [0, 0.1) is 0 Å². The smallest absolute Gasteiger partial charge is 0.229 e. The number of thiophene rings is 1. The molecule has 4 aromatic heterocycles. The van der Waals surface area contributed by atoms with Gasteiger partial charge < -0.3 is 39.0 Å². The van der Waals surface area contributed by atoms with Crippen LogP contribution in [0.3, 0.4) is 0 Å². The Morgan fingerprint density at radius 3 is 2.47 bits per heavy atom. The maximum absolute atomic E-state index is 10.1. The summed E-state index contributed by atoms with van der Waals surface area (Å²) in [7, 11) is 4.78. The molecule has 0 spiro atoms. The summed E-state index contributed by atoms with van der Waals surface area (Å²) < 4.78 is 18.5. The molecular weight excluding hydrogens is 618 g/mol. The van der Waals surface area contributed by atoms with Crippen LogP contribution in [0.4, 0.5) is 23.4 Å². The number of piperazine rings is 1. The number of benzene rings is 1. The molecule has 14 heteroatoms. The van der Waals surface area contributed by atoms with E-state index in [2.05, 4.69) is 42.1 Å². The zero-order chi connectivity index (χ0) is 32.3. The molecule has 13 nitrogen and oxygen atoms in total. The van der Waals surface area contributed by atoms with Crippen molar-refractivity contribution in [3.63, 3.8) is 0 Å². The molecule has 1 aromatic carbocycles. The number of hydrogen-bond donors (Lipinski definition) is 2. The van der Waals surface area contributed by atoms with Crippen LogP contribution in [0.15, 0.2) is 55.1 Å². The first kappa shape index (κ1) is 31.0. The molecule has 5 aromatic rings. The molecule has 0 aliphatic carbocycles. The van der Waals surface area contributed by atoms with Gasteiger partial charge in [-0.25, -0.2) is 15.0 Å². The molecule has 2 aliphatic heterocycles. The highest BCUT2D eigenvalue weighted by Gasteiger charge is 2.28. The van der Waals surface area contributed by atoms with Gasteiger partial charge in [0, 0.05) is 62.5 Å². The van der Waals surface area contributed by atoms with Gasteiger partial charge >= 0.3 is 0 Å². The number of aromatic nitrogens is 5. The lowest BCUT2D eigenvalue weighted by molar-refractivity contribution is 0.251. The lowest BCUT2D eigenvalue weighted by atomic mass is 10.2. The number of imidazole rings is 1. The van der Waals surface area contributed by atoms with Crippen molar-refractivity contribution in [3.05, 3.63) is 60.0 Å². The maximum atomic E-state index is 10.1. The van der Waals surface area contributed by atoms with Crippen LogP contribution >= 0.6 is 11.3 Å². The van der Waals surface area contributed by atoms with Crippen molar-refractivity contribution in [2.45, 2.75) is 25.4 Å². The topological polar surface area (TPSA) is 126 Å². The van der Waals surface area contributed by atoms with Crippen molar-refractivity contribution in [2.24, 2.45) is 0 Å². The summed E-state index contributed by atoms with van der Waals surface area (Å²) in [6.45, 7) is 5.50. The SMILES string of the molecule is COc1cc(-n2cnc(Nc3nc(N4CCCC4CO)nc4sc(CN5CCN(c6ccccn6)CC5)cc34)c2)cc(OC)c1OC. The second-order valence-corrected chi connectivity index (χ2v) is 12.7. The average Bonchev–Trinajstić information content (AvgIpc) is 3.88. The van der Waals surface area contributed by atoms with Gasteiger partial charge in [0.1, 0.15) is 28.6 Å². The number of nitrogens with one attached hydrogen (secondary N) is 1. The van der Waals surface area contributed by atoms with E-state index in [0.29, 0.717) is 34.8 Å². The van der Waals surface area contributed by atoms with Crippen LogP contribution < -0.4 is 29.3 Å². The molecule has 1 atom stereocenters. The van der Waals surface area contributed by atoms with Crippen molar-refractivity contribution in [1.82, 2.24) is 29.4 Å². The fraction of sp³-hybridized carbons (Fsp3) is 0.394. The number of nitrogens with zero attached hydrogens (tertiary/aromatic N) is 8. The zero-order valence-corrected chi connectivity index (χ0v) is 27.6. The molecule has 246 valence electrons. The molecule has 0 radical (unpaired) electrons. The van der Waals surface area contributed by atoms with Crippen LogP contribution in [0.2, 0.25) is 0 Å². The monoisotopic (exact) mass is 657 g/mol. The first-order valence-electron chi connectivity index (χ1n) is 15.7. The number of aliphatic hydroxyl groups excluding tert-OH is 1. The Bertz CT molecular complexity index is 1800. The Balaban J connectivity index is 1.16. The van der Waals surface area contributed by atoms with Gasteiger partial charge in [0.15, 0.2) is 11.5 Å². The van der Waals surface area contributed by atoms with E-state index >= 15 is 0 Å². The van der Waals surface area contributed by atoms with Gasteiger partial charge in [-0.2, -0.15) is 4.98 Å². The standard InChI is InChI=1S/C33H39N9O4S/c1-44-26-15-23(16-27(45-2)30(26)46-3)41-19-28(35-21-41)36-31-25-17-24(18-39-11-13-40(14-12-39)29-8-4-5-9-34-29)47-32(25)38-33(37-31)42-10-6-7-22(42)20-43/h4-5,8-9,15-17,19,21-22,43H,6-7,10-14,18,20H2,1-3H3,(H,36,37,38). The molecule has 7 rings (SSSR count). The van der Waals surface area contributed by atoms with Gasteiger partial charge in [-0.3, -0.25) is 4.90 Å². The summed E-state index contributed by atoms with van der Waals surface area (Å²) in [5, 5.41) is 14.5. The zero-order valence-electron chi connectivity index (χ0n) is 26.8. The van der Waals surface area contributed by atoms with Crippen LogP contribution in [0.5, 0.6) is 17.2 Å². The van der Waals surface area contributed by atoms with Gasteiger partial charge in [-0.1, -0.05) is 6.07 Å². The number of pyridine rings is 1. The second-order valence-electron chi connectivity index (χ2n) is 11.6. The van der Waals surface area contributed by atoms with Crippen molar-refractivity contribution >= 4 is 45.0 Å². The fourth-order valence-electron chi connectivity index (χ4n) is 6.31. The third kappa shape index (κ3) is 6.35. The van der Waals surface area contributed by atoms with Crippen molar-refractivity contribution in [3.8, 4) is 22.9 Å². The largest absolute Gasteiger partial charge is 0.493 e. The number of hydrogen-bond acceptors (Lipinski definition) is 13. The first-order chi connectivity index (χ1) is 23.1. The van der Waals surface area contributed by atoms with Gasteiger partial charge in [0.25, 0.3) is 0 Å². The molecule has 2 fully saturated rings. The van der Waals surface area contributed by atoms with Gasteiger partial charge in [-0.05, 0) is 31.0 Å². The summed E-state index contributed by atoms with van der Waals surface area (Å²) >= 11 is 1.70. The minimum atomic E-state index is 0.00868. The molecule has 0 bridgehead atoms. The Morgan fingerprint density at radius 2 is 1.77 bits per heavy atom. The van der Waals surface area contributed by atoms with E-state index in [0.717, 1.165) is 73.8 Å². The lowest BCUT2D eigenvalue weighted by Crippen LogP contribution is -2.46. The van der Waals surface area contributed by atoms with E-state index in [1.165, 1.54) is 4.88 Å². The van der Waals surface area contributed by atoms with Crippen LogP contribution in [-0.2, 0) is 6.54 Å². The van der Waals surface area contributed by atoms with E-state index in [9.17, 15) is 5.11 Å².